The third-order valence-electron chi connectivity index (χ3n) is 3.71. The Morgan fingerprint density at radius 2 is 1.81 bits per heavy atom. The molecule has 3 aromatic rings. The van der Waals surface area contributed by atoms with Crippen molar-refractivity contribution in [2.75, 3.05) is 5.32 Å². The van der Waals surface area contributed by atoms with Crippen LogP contribution in [0.3, 0.4) is 0 Å². The summed E-state index contributed by atoms with van der Waals surface area (Å²) in [5.41, 5.74) is 0.964. The van der Waals surface area contributed by atoms with Crippen molar-refractivity contribution in [3.05, 3.63) is 70.7 Å². The minimum absolute atomic E-state index is 0.104. The average Bonchev–Trinajstić information content (AvgIpc) is 2.66. The van der Waals surface area contributed by atoms with E-state index in [2.05, 4.69) is 10.5 Å². The van der Waals surface area contributed by atoms with Crippen molar-refractivity contribution in [3.63, 3.8) is 0 Å². The van der Waals surface area contributed by atoms with Gasteiger partial charge in [-0.25, -0.2) is 4.79 Å². The fourth-order valence-electron chi connectivity index (χ4n) is 2.24. The molecule has 0 unspecified atom stereocenters. The first-order chi connectivity index (χ1) is 13.0. The first-order valence-corrected chi connectivity index (χ1v) is 8.67. The van der Waals surface area contributed by atoms with Crippen LogP contribution in [0.15, 0.2) is 64.2 Å². The van der Waals surface area contributed by atoms with Crippen LogP contribution in [-0.4, -0.2) is 11.9 Å². The fourth-order valence-corrected chi connectivity index (χ4v) is 2.43. The van der Waals surface area contributed by atoms with E-state index in [0.29, 0.717) is 21.7 Å². The van der Waals surface area contributed by atoms with Crippen LogP contribution >= 0.6 is 11.6 Å². The second kappa shape index (κ2) is 8.05. The number of nitrogens with one attached hydrogen (secondary N) is 1. The molecule has 3 rings (SSSR count). The summed E-state index contributed by atoms with van der Waals surface area (Å²) in [6.07, 6.45) is 0. The molecule has 0 atom stereocenters. The summed E-state index contributed by atoms with van der Waals surface area (Å²) in [4.78, 5) is 29.4. The van der Waals surface area contributed by atoms with Gasteiger partial charge in [0, 0.05) is 5.39 Å². The quantitative estimate of drug-likeness (QED) is 0.535. The van der Waals surface area contributed by atoms with Crippen LogP contribution in [0.5, 0.6) is 0 Å². The molecule has 1 amide bonds. The highest BCUT2D eigenvalue weighted by atomic mass is 35.5. The van der Waals surface area contributed by atoms with Crippen LogP contribution in [0.2, 0.25) is 5.02 Å². The molecule has 27 heavy (non-hydrogen) atoms. The number of hydrogen-bond acceptors (Lipinski definition) is 5. The van der Waals surface area contributed by atoms with Gasteiger partial charge in [0.2, 0.25) is 0 Å². The van der Waals surface area contributed by atoms with Crippen molar-refractivity contribution in [2.24, 2.45) is 11.1 Å². The smallest absolute Gasteiger partial charge is 0.337 e. The van der Waals surface area contributed by atoms with E-state index in [4.69, 9.17) is 20.9 Å². The fraction of sp³-hybridized carbons (Fsp3) is 0.150. The van der Waals surface area contributed by atoms with E-state index in [1.165, 1.54) is 0 Å². The molecule has 6 nitrogen and oxygen atoms in total. The molecule has 1 heterocycles. The van der Waals surface area contributed by atoms with Gasteiger partial charge in [0.25, 0.3) is 11.5 Å². The van der Waals surface area contributed by atoms with Gasteiger partial charge in [0.05, 0.1) is 16.6 Å². The molecule has 0 saturated carbocycles. The maximum Gasteiger partial charge on any atom is 0.337 e. The van der Waals surface area contributed by atoms with Gasteiger partial charge in [-0.15, -0.1) is 0 Å². The topological polar surface area (TPSA) is 80.9 Å². The summed E-state index contributed by atoms with van der Waals surface area (Å²) in [5.74, 6) is -1.39. The van der Waals surface area contributed by atoms with Crippen LogP contribution in [0.25, 0.3) is 11.0 Å². The number of fused-ring (bicyclic) bond motifs is 1. The Kier molecular flexibility index (Phi) is 5.57. The number of benzene rings is 2. The third kappa shape index (κ3) is 4.35. The number of anilines is 1. The Morgan fingerprint density at radius 3 is 2.56 bits per heavy atom. The van der Waals surface area contributed by atoms with Crippen LogP contribution in [-0.2, 0) is 9.63 Å². The van der Waals surface area contributed by atoms with Crippen molar-refractivity contribution in [1.29, 1.82) is 0 Å². The van der Waals surface area contributed by atoms with E-state index in [-0.39, 0.29) is 17.0 Å². The molecule has 0 radical (unpaired) electrons. The van der Waals surface area contributed by atoms with Gasteiger partial charge in [-0.05, 0) is 29.4 Å². The molecule has 0 fully saturated rings. The molecule has 1 aromatic heterocycles. The Labute approximate surface area is 160 Å². The molecule has 1 N–H and O–H groups in total. The Bertz CT molecular complexity index is 1070. The van der Waals surface area contributed by atoms with Gasteiger partial charge in [-0.2, -0.15) is 0 Å². The molecular formula is C20H17ClN2O4. The Balaban J connectivity index is 2.05. The first-order valence-electron chi connectivity index (χ1n) is 8.29. The summed E-state index contributed by atoms with van der Waals surface area (Å²) >= 11 is 6.10. The number of amides is 1. The van der Waals surface area contributed by atoms with Crippen LogP contribution in [0.4, 0.5) is 5.69 Å². The average molecular weight is 385 g/mol. The largest absolute Gasteiger partial charge is 0.435 e. The molecule has 0 saturated heterocycles. The number of halogens is 1. The number of carbonyl (C=O) groups excluding carboxylic acids is 2. The van der Waals surface area contributed by atoms with Crippen LogP contribution in [0, 0.1) is 5.92 Å². The number of para-hydroxylation sites is 2. The van der Waals surface area contributed by atoms with Crippen LogP contribution < -0.4 is 10.9 Å². The zero-order valence-corrected chi connectivity index (χ0v) is 15.5. The highest BCUT2D eigenvalue weighted by Gasteiger charge is 2.15. The molecule has 0 aliphatic carbocycles. The Morgan fingerprint density at radius 1 is 1.11 bits per heavy atom. The van der Waals surface area contributed by atoms with Crippen molar-refractivity contribution >= 4 is 40.1 Å². The minimum atomic E-state index is -0.532. The lowest BCUT2D eigenvalue weighted by molar-refractivity contribution is -0.148. The number of nitrogens with zero attached hydrogens (tertiary/aromatic N) is 1. The van der Waals surface area contributed by atoms with Gasteiger partial charge < -0.3 is 14.6 Å². The van der Waals surface area contributed by atoms with Gasteiger partial charge in [-0.3, -0.25) is 4.79 Å². The second-order valence-corrected chi connectivity index (χ2v) is 6.50. The molecule has 7 heteroatoms. The zero-order valence-electron chi connectivity index (χ0n) is 14.7. The van der Waals surface area contributed by atoms with Gasteiger partial charge in [-0.1, -0.05) is 55.8 Å². The summed E-state index contributed by atoms with van der Waals surface area (Å²) in [6, 6.07) is 15.6. The normalized spacial score (nSPS) is 11.6. The lowest BCUT2D eigenvalue weighted by Gasteiger charge is -2.08. The molecule has 138 valence electrons. The zero-order chi connectivity index (χ0) is 19.4. The monoisotopic (exact) mass is 384 g/mol. The standard InChI is InChI=1S/C20H17ClN2O4/c1-12(2)20(25)27-23-19-14(11-13-7-3-6-10-17(13)26-19)18(24)22-16-9-5-4-8-15(16)21/h3-12H,1-2H3,(H,22,24). The minimum Gasteiger partial charge on any atom is -0.435 e. The highest BCUT2D eigenvalue weighted by molar-refractivity contribution is 6.33. The molecule has 0 aliphatic heterocycles. The van der Waals surface area contributed by atoms with E-state index in [9.17, 15) is 9.59 Å². The SMILES string of the molecule is CC(C)C(=O)ON=c1oc2ccccc2cc1C(=O)Nc1ccccc1Cl. The number of carbonyl (C=O) groups is 2. The molecule has 0 bridgehead atoms. The van der Waals surface area contributed by atoms with E-state index in [0.717, 1.165) is 0 Å². The third-order valence-corrected chi connectivity index (χ3v) is 4.04. The maximum absolute atomic E-state index is 12.8. The number of hydrogen-bond donors (Lipinski definition) is 1. The van der Waals surface area contributed by atoms with Gasteiger partial charge in [0.15, 0.2) is 0 Å². The molecule has 0 spiro atoms. The maximum atomic E-state index is 12.8. The van der Waals surface area contributed by atoms with E-state index in [1.54, 1.807) is 62.4 Å². The van der Waals surface area contributed by atoms with E-state index in [1.807, 2.05) is 6.07 Å². The second-order valence-electron chi connectivity index (χ2n) is 6.09. The van der Waals surface area contributed by atoms with Gasteiger partial charge in [0.1, 0.15) is 11.1 Å². The molecule has 2 aromatic carbocycles. The van der Waals surface area contributed by atoms with Gasteiger partial charge >= 0.3 is 5.97 Å². The number of rotatable bonds is 4. The summed E-state index contributed by atoms with van der Waals surface area (Å²) in [6.45, 7) is 3.36. The lowest BCUT2D eigenvalue weighted by atomic mass is 10.1. The van der Waals surface area contributed by atoms with Crippen molar-refractivity contribution in [3.8, 4) is 0 Å². The van der Waals surface area contributed by atoms with Crippen molar-refractivity contribution < 1.29 is 18.8 Å². The van der Waals surface area contributed by atoms with Crippen molar-refractivity contribution in [1.82, 2.24) is 0 Å². The predicted octanol–water partition coefficient (Wildman–Crippen LogP) is 4.35. The van der Waals surface area contributed by atoms with Crippen molar-refractivity contribution in [2.45, 2.75) is 13.8 Å². The summed E-state index contributed by atoms with van der Waals surface area (Å²) < 4.78 is 5.67. The van der Waals surface area contributed by atoms with Crippen LogP contribution in [0.1, 0.15) is 24.2 Å². The predicted molar refractivity (Wildman–Crippen MR) is 102 cm³/mol. The Hall–Kier alpha value is -3.12. The highest BCUT2D eigenvalue weighted by Crippen LogP contribution is 2.21. The molecular weight excluding hydrogens is 368 g/mol. The van der Waals surface area contributed by atoms with E-state index < -0.39 is 11.9 Å². The lowest BCUT2D eigenvalue weighted by Crippen LogP contribution is -2.23. The summed E-state index contributed by atoms with van der Waals surface area (Å²) in [7, 11) is 0. The van der Waals surface area contributed by atoms with E-state index >= 15 is 0 Å². The first kappa shape index (κ1) is 18.7. The molecule has 0 aliphatic rings. The summed E-state index contributed by atoms with van der Waals surface area (Å²) in [5, 5.41) is 7.56.